The lowest BCUT2D eigenvalue weighted by Crippen LogP contribution is -2.12. The first-order chi connectivity index (χ1) is 8.08. The van der Waals surface area contributed by atoms with Gasteiger partial charge in [0.05, 0.1) is 13.5 Å². The minimum atomic E-state index is -0.814. The predicted octanol–water partition coefficient (Wildman–Crippen LogP) is 1.38. The van der Waals surface area contributed by atoms with Gasteiger partial charge in [-0.05, 0) is 0 Å². The van der Waals surface area contributed by atoms with E-state index in [1.807, 2.05) is 0 Å². The second-order valence-electron chi connectivity index (χ2n) is 3.15. The van der Waals surface area contributed by atoms with Gasteiger partial charge in [0.15, 0.2) is 23.3 Å². The number of pyridine rings is 1. The van der Waals surface area contributed by atoms with Crippen molar-refractivity contribution in [2.24, 2.45) is 0 Å². The van der Waals surface area contributed by atoms with Gasteiger partial charge in [0, 0.05) is 19.7 Å². The van der Waals surface area contributed by atoms with Crippen LogP contribution < -0.4 is 10.6 Å². The molecule has 0 saturated carbocycles. The summed E-state index contributed by atoms with van der Waals surface area (Å²) in [5, 5.41) is 5.08. The number of esters is 1. The van der Waals surface area contributed by atoms with Crippen molar-refractivity contribution in [3.05, 3.63) is 17.7 Å². The molecular formula is C10H13F2N3O2. The van der Waals surface area contributed by atoms with Crippen molar-refractivity contribution in [3.63, 3.8) is 0 Å². The maximum absolute atomic E-state index is 13.3. The Kier molecular flexibility index (Phi) is 4.62. The van der Waals surface area contributed by atoms with Crippen molar-refractivity contribution in [1.29, 1.82) is 0 Å². The van der Waals surface area contributed by atoms with E-state index in [4.69, 9.17) is 0 Å². The van der Waals surface area contributed by atoms with Gasteiger partial charge in [0.25, 0.3) is 0 Å². The van der Waals surface area contributed by atoms with Crippen LogP contribution in [0.15, 0.2) is 6.07 Å². The fraction of sp³-hybridized carbons (Fsp3) is 0.400. The molecule has 0 aliphatic carbocycles. The number of carbonyl (C=O) groups excluding carboxylic acids is 1. The van der Waals surface area contributed by atoms with E-state index in [1.165, 1.54) is 14.2 Å². The zero-order valence-electron chi connectivity index (χ0n) is 9.51. The molecule has 0 unspecified atom stereocenters. The maximum Gasteiger partial charge on any atom is 0.307 e. The van der Waals surface area contributed by atoms with E-state index in [0.29, 0.717) is 0 Å². The molecular weight excluding hydrogens is 232 g/mol. The van der Waals surface area contributed by atoms with Crippen LogP contribution in [0.3, 0.4) is 0 Å². The van der Waals surface area contributed by atoms with Crippen molar-refractivity contribution in [1.82, 2.24) is 4.98 Å². The fourth-order valence-corrected chi connectivity index (χ4v) is 1.15. The van der Waals surface area contributed by atoms with Gasteiger partial charge in [-0.25, -0.2) is 13.8 Å². The van der Waals surface area contributed by atoms with Gasteiger partial charge in [-0.1, -0.05) is 0 Å². The summed E-state index contributed by atoms with van der Waals surface area (Å²) in [4.78, 5) is 14.5. The van der Waals surface area contributed by atoms with E-state index in [2.05, 4.69) is 20.4 Å². The first-order valence-corrected chi connectivity index (χ1v) is 4.93. The van der Waals surface area contributed by atoms with Crippen molar-refractivity contribution in [2.75, 3.05) is 31.3 Å². The largest absolute Gasteiger partial charge is 0.469 e. The molecule has 17 heavy (non-hydrogen) atoms. The summed E-state index contributed by atoms with van der Waals surface area (Å²) in [5.41, 5.74) is 0. The SMILES string of the molecule is CNc1nc(NCCC(=O)OC)c(F)cc1F. The van der Waals surface area contributed by atoms with Crippen LogP contribution in [-0.2, 0) is 9.53 Å². The zero-order valence-corrected chi connectivity index (χ0v) is 9.51. The summed E-state index contributed by atoms with van der Waals surface area (Å²) in [6, 6.07) is 0.722. The Morgan fingerprint density at radius 2 is 2.06 bits per heavy atom. The van der Waals surface area contributed by atoms with E-state index in [-0.39, 0.29) is 24.6 Å². The van der Waals surface area contributed by atoms with Crippen LogP contribution in [0.1, 0.15) is 6.42 Å². The van der Waals surface area contributed by atoms with Gasteiger partial charge in [-0.15, -0.1) is 0 Å². The van der Waals surface area contributed by atoms with Crippen LogP contribution >= 0.6 is 0 Å². The summed E-state index contributed by atoms with van der Waals surface area (Å²) in [5.74, 6) is -2.18. The molecule has 1 aromatic heterocycles. The third-order valence-corrected chi connectivity index (χ3v) is 2.02. The predicted molar refractivity (Wildman–Crippen MR) is 58.8 cm³/mol. The summed E-state index contributed by atoms with van der Waals surface area (Å²) in [7, 11) is 2.74. The number of methoxy groups -OCH3 is 1. The summed E-state index contributed by atoms with van der Waals surface area (Å²) in [6.07, 6.45) is 0.0733. The van der Waals surface area contributed by atoms with E-state index in [1.54, 1.807) is 0 Å². The number of nitrogens with one attached hydrogen (secondary N) is 2. The lowest BCUT2D eigenvalue weighted by Gasteiger charge is -2.08. The van der Waals surface area contributed by atoms with Crippen LogP contribution in [0.25, 0.3) is 0 Å². The quantitative estimate of drug-likeness (QED) is 0.767. The molecule has 0 aliphatic rings. The number of carbonyl (C=O) groups is 1. The summed E-state index contributed by atoms with van der Waals surface area (Å²) < 4.78 is 30.8. The molecule has 2 N–H and O–H groups in total. The fourth-order valence-electron chi connectivity index (χ4n) is 1.15. The molecule has 5 nitrogen and oxygen atoms in total. The summed E-state index contributed by atoms with van der Waals surface area (Å²) in [6.45, 7) is 0.158. The van der Waals surface area contributed by atoms with E-state index >= 15 is 0 Å². The van der Waals surface area contributed by atoms with Crippen LogP contribution in [-0.4, -0.2) is 31.7 Å². The molecule has 0 bridgehead atoms. The van der Waals surface area contributed by atoms with Crippen LogP contribution in [0.2, 0.25) is 0 Å². The lowest BCUT2D eigenvalue weighted by atomic mass is 10.3. The van der Waals surface area contributed by atoms with Crippen LogP contribution in [0.4, 0.5) is 20.4 Å². The number of anilines is 2. The molecule has 0 fully saturated rings. The third-order valence-electron chi connectivity index (χ3n) is 2.02. The smallest absolute Gasteiger partial charge is 0.307 e. The second-order valence-corrected chi connectivity index (χ2v) is 3.15. The molecule has 1 aromatic rings. The van der Waals surface area contributed by atoms with Crippen molar-refractivity contribution in [3.8, 4) is 0 Å². The highest BCUT2D eigenvalue weighted by molar-refractivity contribution is 5.69. The molecule has 0 aromatic carbocycles. The molecule has 1 heterocycles. The Morgan fingerprint density at radius 1 is 1.41 bits per heavy atom. The minimum Gasteiger partial charge on any atom is -0.469 e. The molecule has 1 rings (SSSR count). The first kappa shape index (κ1) is 13.1. The average Bonchev–Trinajstić information content (AvgIpc) is 2.31. The molecule has 0 radical (unpaired) electrons. The molecule has 0 atom stereocenters. The van der Waals surface area contributed by atoms with Gasteiger partial charge < -0.3 is 15.4 Å². The monoisotopic (exact) mass is 245 g/mol. The molecule has 7 heteroatoms. The Bertz CT molecular complexity index is 413. The van der Waals surface area contributed by atoms with Crippen LogP contribution in [0.5, 0.6) is 0 Å². The van der Waals surface area contributed by atoms with Crippen molar-refractivity contribution in [2.45, 2.75) is 6.42 Å². The van der Waals surface area contributed by atoms with E-state index in [0.717, 1.165) is 6.07 Å². The Hall–Kier alpha value is -1.92. The van der Waals surface area contributed by atoms with Gasteiger partial charge >= 0.3 is 5.97 Å². The number of rotatable bonds is 5. The third kappa shape index (κ3) is 3.54. The minimum absolute atomic E-state index is 0.0630. The highest BCUT2D eigenvalue weighted by atomic mass is 19.1. The van der Waals surface area contributed by atoms with E-state index < -0.39 is 17.6 Å². The normalized spacial score (nSPS) is 9.88. The molecule has 0 aliphatic heterocycles. The second kappa shape index (κ2) is 5.97. The summed E-state index contributed by atoms with van der Waals surface area (Å²) >= 11 is 0. The first-order valence-electron chi connectivity index (χ1n) is 4.93. The molecule has 94 valence electrons. The van der Waals surface area contributed by atoms with Crippen molar-refractivity contribution >= 4 is 17.6 Å². The zero-order chi connectivity index (χ0) is 12.8. The Balaban J connectivity index is 2.67. The van der Waals surface area contributed by atoms with Crippen molar-refractivity contribution < 1.29 is 18.3 Å². The number of hydrogen-bond acceptors (Lipinski definition) is 5. The Morgan fingerprint density at radius 3 is 2.65 bits per heavy atom. The standard InChI is InChI=1S/C10H13F2N3O2/c1-13-9-6(11)5-7(12)10(15-9)14-4-3-8(16)17-2/h5H,3-4H2,1-2H3,(H2,13,14,15). The number of ether oxygens (including phenoxy) is 1. The number of aromatic nitrogens is 1. The number of nitrogens with zero attached hydrogens (tertiary/aromatic N) is 1. The maximum atomic E-state index is 13.3. The van der Waals surface area contributed by atoms with Gasteiger partial charge in [-0.3, -0.25) is 4.79 Å². The average molecular weight is 245 g/mol. The number of hydrogen-bond donors (Lipinski definition) is 2. The molecule has 0 spiro atoms. The van der Waals surface area contributed by atoms with Gasteiger partial charge in [-0.2, -0.15) is 0 Å². The molecule has 0 amide bonds. The highest BCUT2D eigenvalue weighted by Crippen LogP contribution is 2.18. The Labute approximate surface area is 97.2 Å². The van der Waals surface area contributed by atoms with E-state index in [9.17, 15) is 13.6 Å². The van der Waals surface area contributed by atoms with Gasteiger partial charge in [0.2, 0.25) is 0 Å². The topological polar surface area (TPSA) is 63.2 Å². The number of halogens is 2. The van der Waals surface area contributed by atoms with Gasteiger partial charge in [0.1, 0.15) is 0 Å². The highest BCUT2D eigenvalue weighted by Gasteiger charge is 2.10. The molecule has 0 saturated heterocycles. The van der Waals surface area contributed by atoms with Crippen LogP contribution in [0, 0.1) is 11.6 Å². The lowest BCUT2D eigenvalue weighted by molar-refractivity contribution is -0.140.